The van der Waals surface area contributed by atoms with Crippen molar-refractivity contribution < 1.29 is 19.5 Å². The Morgan fingerprint density at radius 3 is 2.68 bits per heavy atom. The molecule has 1 fully saturated rings. The van der Waals surface area contributed by atoms with E-state index in [0.717, 1.165) is 22.5 Å². The van der Waals surface area contributed by atoms with Crippen LogP contribution in [0.3, 0.4) is 0 Å². The molecule has 0 aromatic heterocycles. The van der Waals surface area contributed by atoms with Gasteiger partial charge in [-0.15, -0.1) is 11.8 Å². The molecule has 0 saturated carbocycles. The topological polar surface area (TPSA) is 74.7 Å². The number of carboxylic acid groups (broad SMARTS) is 1. The number of thioether (sulfide) groups is 1. The molecule has 112 valence electrons. The second-order valence-corrected chi connectivity index (χ2v) is 6.15. The molecule has 6 heteroatoms. The maximum Gasteiger partial charge on any atom is 0.313 e. The van der Waals surface area contributed by atoms with Crippen molar-refractivity contribution in [3.63, 3.8) is 0 Å². The molecule has 1 aliphatic heterocycles. The number of benzene rings is 2. The predicted molar refractivity (Wildman–Crippen MR) is 84.9 cm³/mol. The summed E-state index contributed by atoms with van der Waals surface area (Å²) in [6.07, 6.45) is 0.0417. The number of anilines is 1. The molecular formula is C16H13NO4S. The van der Waals surface area contributed by atoms with Crippen molar-refractivity contribution in [2.24, 2.45) is 0 Å². The summed E-state index contributed by atoms with van der Waals surface area (Å²) in [5, 5.41) is 9.87. The van der Waals surface area contributed by atoms with E-state index in [0.29, 0.717) is 5.69 Å². The number of carbonyl (C=O) groups is 3. The molecule has 0 radical (unpaired) electrons. The van der Waals surface area contributed by atoms with Crippen LogP contribution < -0.4 is 4.90 Å². The van der Waals surface area contributed by atoms with Crippen LogP contribution in [-0.4, -0.2) is 33.9 Å². The highest BCUT2D eigenvalue weighted by molar-refractivity contribution is 8.01. The van der Waals surface area contributed by atoms with Gasteiger partial charge in [0.15, 0.2) is 0 Å². The number of aliphatic carboxylic acids is 1. The quantitative estimate of drug-likeness (QED) is 0.876. The van der Waals surface area contributed by atoms with Gasteiger partial charge < -0.3 is 5.11 Å². The Morgan fingerprint density at radius 2 is 1.91 bits per heavy atom. The van der Waals surface area contributed by atoms with Gasteiger partial charge in [-0.05, 0) is 11.5 Å². The number of rotatable bonds is 4. The number of carbonyl (C=O) groups excluding carboxylic acids is 2. The van der Waals surface area contributed by atoms with Gasteiger partial charge >= 0.3 is 5.97 Å². The van der Waals surface area contributed by atoms with Gasteiger partial charge in [0.1, 0.15) is 0 Å². The Balaban J connectivity index is 1.95. The Labute approximate surface area is 130 Å². The first-order valence-electron chi connectivity index (χ1n) is 6.76. The minimum atomic E-state index is -0.992. The van der Waals surface area contributed by atoms with E-state index in [1.54, 1.807) is 12.1 Å². The number of hydrogen-bond acceptors (Lipinski definition) is 4. The summed E-state index contributed by atoms with van der Waals surface area (Å²) < 4.78 is 0. The van der Waals surface area contributed by atoms with E-state index in [1.807, 2.05) is 30.3 Å². The molecule has 2 aromatic carbocycles. The SMILES string of the molecule is O=C(O)CSC1CC(=O)N(c2cccc3ccccc23)C1=O. The lowest BCUT2D eigenvalue weighted by Gasteiger charge is -2.17. The van der Waals surface area contributed by atoms with E-state index in [4.69, 9.17) is 5.11 Å². The smallest absolute Gasteiger partial charge is 0.313 e. The third kappa shape index (κ3) is 2.57. The summed E-state index contributed by atoms with van der Waals surface area (Å²) in [4.78, 5) is 36.5. The standard InChI is InChI=1S/C16H13NO4S/c18-14-8-13(22-9-15(19)20)16(21)17(14)12-7-3-5-10-4-1-2-6-11(10)12/h1-7,13H,8-9H2,(H,19,20). The van der Waals surface area contributed by atoms with E-state index in [1.165, 1.54) is 4.90 Å². The van der Waals surface area contributed by atoms with E-state index < -0.39 is 11.2 Å². The zero-order chi connectivity index (χ0) is 15.7. The summed E-state index contributed by atoms with van der Waals surface area (Å²) in [5.41, 5.74) is 0.562. The number of hydrogen-bond donors (Lipinski definition) is 1. The van der Waals surface area contributed by atoms with E-state index in [-0.39, 0.29) is 24.0 Å². The monoisotopic (exact) mass is 315 g/mol. The molecule has 0 spiro atoms. The molecular weight excluding hydrogens is 302 g/mol. The van der Waals surface area contributed by atoms with Crippen LogP contribution >= 0.6 is 11.8 Å². The van der Waals surface area contributed by atoms with Gasteiger partial charge in [-0.25, -0.2) is 4.90 Å². The number of imide groups is 1. The normalized spacial score (nSPS) is 18.2. The zero-order valence-corrected chi connectivity index (χ0v) is 12.4. The zero-order valence-electron chi connectivity index (χ0n) is 11.6. The van der Waals surface area contributed by atoms with Crippen LogP contribution in [0, 0.1) is 0 Å². The first kappa shape index (κ1) is 14.6. The van der Waals surface area contributed by atoms with Gasteiger partial charge in [0, 0.05) is 11.8 Å². The fourth-order valence-electron chi connectivity index (χ4n) is 2.56. The minimum Gasteiger partial charge on any atom is -0.481 e. The van der Waals surface area contributed by atoms with Gasteiger partial charge in [0.25, 0.3) is 0 Å². The lowest BCUT2D eigenvalue weighted by Crippen LogP contribution is -2.31. The van der Waals surface area contributed by atoms with Crippen molar-refractivity contribution in [1.82, 2.24) is 0 Å². The van der Waals surface area contributed by atoms with Crippen molar-refractivity contribution in [3.8, 4) is 0 Å². The van der Waals surface area contributed by atoms with E-state index in [2.05, 4.69) is 0 Å². The van der Waals surface area contributed by atoms with Crippen molar-refractivity contribution in [1.29, 1.82) is 0 Å². The average Bonchev–Trinajstić information content (AvgIpc) is 2.79. The Hall–Kier alpha value is -2.34. The molecule has 5 nitrogen and oxygen atoms in total. The van der Waals surface area contributed by atoms with Gasteiger partial charge in [-0.1, -0.05) is 36.4 Å². The van der Waals surface area contributed by atoms with Crippen LogP contribution in [0.15, 0.2) is 42.5 Å². The third-order valence-electron chi connectivity index (χ3n) is 3.52. The van der Waals surface area contributed by atoms with Crippen molar-refractivity contribution in [2.75, 3.05) is 10.7 Å². The molecule has 1 unspecified atom stereocenters. The van der Waals surface area contributed by atoms with Gasteiger partial charge in [-0.3, -0.25) is 14.4 Å². The number of carboxylic acids is 1. The number of fused-ring (bicyclic) bond motifs is 1. The Morgan fingerprint density at radius 1 is 1.18 bits per heavy atom. The number of amides is 2. The van der Waals surface area contributed by atoms with Gasteiger partial charge in [0.2, 0.25) is 11.8 Å². The van der Waals surface area contributed by atoms with Crippen LogP contribution in [-0.2, 0) is 14.4 Å². The highest BCUT2D eigenvalue weighted by Gasteiger charge is 2.40. The Bertz CT molecular complexity index is 768. The third-order valence-corrected chi connectivity index (χ3v) is 4.71. The predicted octanol–water partition coefficient (Wildman–Crippen LogP) is 2.29. The molecule has 2 aromatic rings. The molecule has 1 saturated heterocycles. The van der Waals surface area contributed by atoms with Gasteiger partial charge in [0.05, 0.1) is 16.7 Å². The highest BCUT2D eigenvalue weighted by atomic mass is 32.2. The van der Waals surface area contributed by atoms with Crippen LogP contribution in [0.4, 0.5) is 5.69 Å². The maximum atomic E-state index is 12.5. The van der Waals surface area contributed by atoms with Crippen molar-refractivity contribution in [2.45, 2.75) is 11.7 Å². The van der Waals surface area contributed by atoms with E-state index >= 15 is 0 Å². The molecule has 1 aliphatic rings. The molecule has 2 amide bonds. The van der Waals surface area contributed by atoms with Gasteiger partial charge in [-0.2, -0.15) is 0 Å². The van der Waals surface area contributed by atoms with Crippen molar-refractivity contribution in [3.05, 3.63) is 42.5 Å². The minimum absolute atomic E-state index is 0.0417. The van der Waals surface area contributed by atoms with Crippen LogP contribution in [0.25, 0.3) is 10.8 Å². The molecule has 1 heterocycles. The summed E-state index contributed by atoms with van der Waals surface area (Å²) in [6, 6.07) is 13.0. The lowest BCUT2D eigenvalue weighted by molar-refractivity contribution is -0.134. The first-order valence-corrected chi connectivity index (χ1v) is 7.81. The average molecular weight is 315 g/mol. The summed E-state index contributed by atoms with van der Waals surface area (Å²) in [7, 11) is 0. The summed E-state index contributed by atoms with van der Waals surface area (Å²) in [5.74, 6) is -1.81. The second kappa shape index (κ2) is 5.81. The molecule has 1 N–H and O–H groups in total. The summed E-state index contributed by atoms with van der Waals surface area (Å²) >= 11 is 0.996. The molecule has 3 rings (SSSR count). The second-order valence-electron chi connectivity index (χ2n) is 4.96. The molecule has 22 heavy (non-hydrogen) atoms. The maximum absolute atomic E-state index is 12.5. The molecule has 0 bridgehead atoms. The first-order chi connectivity index (χ1) is 10.6. The highest BCUT2D eigenvalue weighted by Crippen LogP contribution is 2.33. The Kier molecular flexibility index (Phi) is 3.85. The van der Waals surface area contributed by atoms with Crippen LogP contribution in [0.1, 0.15) is 6.42 Å². The fraction of sp³-hybridized carbons (Fsp3) is 0.188. The summed E-state index contributed by atoms with van der Waals surface area (Å²) in [6.45, 7) is 0. The lowest BCUT2D eigenvalue weighted by atomic mass is 10.1. The van der Waals surface area contributed by atoms with E-state index in [9.17, 15) is 14.4 Å². The van der Waals surface area contributed by atoms with Crippen LogP contribution in [0.5, 0.6) is 0 Å². The molecule has 1 atom stereocenters. The van der Waals surface area contributed by atoms with Crippen molar-refractivity contribution >= 4 is 46.0 Å². The van der Waals surface area contributed by atoms with Crippen LogP contribution in [0.2, 0.25) is 0 Å². The number of nitrogens with zero attached hydrogens (tertiary/aromatic N) is 1. The fourth-order valence-corrected chi connectivity index (χ4v) is 3.41. The largest absolute Gasteiger partial charge is 0.481 e. The molecule has 0 aliphatic carbocycles.